The van der Waals surface area contributed by atoms with E-state index >= 15 is 0 Å². The average Bonchev–Trinajstić information content (AvgIpc) is 3.13. The molecule has 0 radical (unpaired) electrons. The number of halogens is 1. The van der Waals surface area contributed by atoms with E-state index in [1.54, 1.807) is 0 Å². The van der Waals surface area contributed by atoms with E-state index in [9.17, 15) is 4.79 Å². The summed E-state index contributed by atoms with van der Waals surface area (Å²) in [5.74, 6) is 2.16. The monoisotopic (exact) mass is 447 g/mol. The van der Waals surface area contributed by atoms with E-state index < -0.39 is 0 Å². The van der Waals surface area contributed by atoms with Crippen molar-refractivity contribution in [2.24, 2.45) is 0 Å². The molecule has 1 aromatic carbocycles. The van der Waals surface area contributed by atoms with Gasteiger partial charge in [-0.15, -0.1) is 0 Å². The van der Waals surface area contributed by atoms with Crippen molar-refractivity contribution in [3.63, 3.8) is 0 Å². The van der Waals surface area contributed by atoms with Gasteiger partial charge >= 0.3 is 0 Å². The SMILES string of the molecule is Cc1nc(NCCNC(=O)c2ccccc2I)cc(-n2cccc2)n1. The summed E-state index contributed by atoms with van der Waals surface area (Å²) in [6.45, 7) is 2.94. The average molecular weight is 447 g/mol. The van der Waals surface area contributed by atoms with Crippen LogP contribution in [-0.4, -0.2) is 33.5 Å². The first-order valence-electron chi connectivity index (χ1n) is 7.89. The zero-order chi connectivity index (χ0) is 17.6. The predicted molar refractivity (Wildman–Crippen MR) is 106 cm³/mol. The van der Waals surface area contributed by atoms with Gasteiger partial charge in [0.1, 0.15) is 17.5 Å². The van der Waals surface area contributed by atoms with Gasteiger partial charge in [0.15, 0.2) is 0 Å². The van der Waals surface area contributed by atoms with E-state index in [4.69, 9.17) is 0 Å². The molecule has 2 N–H and O–H groups in total. The molecule has 128 valence electrons. The molecule has 0 saturated carbocycles. The second kappa shape index (κ2) is 8.11. The second-order valence-corrected chi connectivity index (χ2v) is 6.57. The molecule has 0 atom stereocenters. The standard InChI is InChI=1S/C18H18IN5O/c1-13-22-16(12-17(23-13)24-10-4-5-11-24)20-8-9-21-18(25)14-6-2-3-7-15(14)19/h2-7,10-12H,8-9H2,1H3,(H,21,25)(H,20,22,23). The smallest absolute Gasteiger partial charge is 0.252 e. The minimum Gasteiger partial charge on any atom is -0.368 e. The van der Waals surface area contributed by atoms with Crippen LogP contribution >= 0.6 is 22.6 Å². The summed E-state index contributed by atoms with van der Waals surface area (Å²) < 4.78 is 2.87. The van der Waals surface area contributed by atoms with Gasteiger partial charge in [0, 0.05) is 35.1 Å². The fraction of sp³-hybridized carbons (Fsp3) is 0.167. The predicted octanol–water partition coefficient (Wildman–Crippen LogP) is 3.02. The van der Waals surface area contributed by atoms with E-state index in [-0.39, 0.29) is 5.91 Å². The third kappa shape index (κ3) is 4.56. The first-order valence-corrected chi connectivity index (χ1v) is 8.97. The summed E-state index contributed by atoms with van der Waals surface area (Å²) in [4.78, 5) is 21.0. The number of benzene rings is 1. The Hall–Kier alpha value is -2.42. The van der Waals surface area contributed by atoms with Gasteiger partial charge in [-0.2, -0.15) is 0 Å². The number of carbonyl (C=O) groups excluding carboxylic acids is 1. The van der Waals surface area contributed by atoms with Gasteiger partial charge in [-0.25, -0.2) is 9.97 Å². The van der Waals surface area contributed by atoms with Crippen molar-refractivity contribution in [1.29, 1.82) is 0 Å². The number of hydrogen-bond acceptors (Lipinski definition) is 4. The Kier molecular flexibility index (Phi) is 5.64. The largest absolute Gasteiger partial charge is 0.368 e. The number of hydrogen-bond donors (Lipinski definition) is 2. The van der Waals surface area contributed by atoms with Crippen molar-refractivity contribution in [2.75, 3.05) is 18.4 Å². The molecule has 0 fully saturated rings. The number of rotatable bonds is 6. The number of aryl methyl sites for hydroxylation is 1. The summed E-state index contributed by atoms with van der Waals surface area (Å²) in [5.41, 5.74) is 0.691. The minimum absolute atomic E-state index is 0.0706. The molecular formula is C18H18IN5O. The highest BCUT2D eigenvalue weighted by Gasteiger charge is 2.08. The van der Waals surface area contributed by atoms with Crippen molar-refractivity contribution in [3.8, 4) is 5.82 Å². The number of nitrogens with one attached hydrogen (secondary N) is 2. The van der Waals surface area contributed by atoms with E-state index in [0.29, 0.717) is 24.5 Å². The summed E-state index contributed by atoms with van der Waals surface area (Å²) in [7, 11) is 0. The zero-order valence-corrected chi connectivity index (χ0v) is 15.9. The molecule has 0 aliphatic heterocycles. The lowest BCUT2D eigenvalue weighted by Gasteiger charge is -2.10. The molecule has 0 aliphatic carbocycles. The van der Waals surface area contributed by atoms with Crippen LogP contribution in [0.5, 0.6) is 0 Å². The van der Waals surface area contributed by atoms with Gasteiger partial charge < -0.3 is 15.2 Å². The van der Waals surface area contributed by atoms with E-state index in [0.717, 1.165) is 15.2 Å². The molecular weight excluding hydrogens is 429 g/mol. The maximum absolute atomic E-state index is 12.2. The molecule has 1 amide bonds. The zero-order valence-electron chi connectivity index (χ0n) is 13.7. The fourth-order valence-electron chi connectivity index (χ4n) is 2.37. The first kappa shape index (κ1) is 17.4. The number of amides is 1. The van der Waals surface area contributed by atoms with Crippen LogP contribution in [0.15, 0.2) is 54.9 Å². The summed E-state index contributed by atoms with van der Waals surface area (Å²) in [6.07, 6.45) is 3.88. The number of carbonyl (C=O) groups is 1. The number of anilines is 1. The quantitative estimate of drug-likeness (QED) is 0.450. The van der Waals surface area contributed by atoms with Crippen molar-refractivity contribution in [1.82, 2.24) is 19.9 Å². The highest BCUT2D eigenvalue weighted by atomic mass is 127. The first-order chi connectivity index (χ1) is 12.1. The Balaban J connectivity index is 1.56. The summed E-state index contributed by atoms with van der Waals surface area (Å²) in [6, 6.07) is 13.3. The van der Waals surface area contributed by atoms with Crippen LogP contribution in [0, 0.1) is 10.5 Å². The Bertz CT molecular complexity index is 864. The Morgan fingerprint density at radius 3 is 2.64 bits per heavy atom. The topological polar surface area (TPSA) is 71.8 Å². The maximum Gasteiger partial charge on any atom is 0.252 e. The third-order valence-corrected chi connectivity index (χ3v) is 4.47. The molecule has 3 aromatic rings. The molecule has 7 heteroatoms. The van der Waals surface area contributed by atoms with Crippen LogP contribution in [0.3, 0.4) is 0 Å². The van der Waals surface area contributed by atoms with E-state index in [1.165, 1.54) is 0 Å². The van der Waals surface area contributed by atoms with Crippen LogP contribution in [0.2, 0.25) is 0 Å². The molecule has 25 heavy (non-hydrogen) atoms. The maximum atomic E-state index is 12.2. The number of nitrogens with zero attached hydrogens (tertiary/aromatic N) is 3. The molecule has 2 heterocycles. The van der Waals surface area contributed by atoms with Crippen LogP contribution in [0.4, 0.5) is 5.82 Å². The van der Waals surface area contributed by atoms with Crippen LogP contribution < -0.4 is 10.6 Å². The lowest BCUT2D eigenvalue weighted by Crippen LogP contribution is -2.29. The van der Waals surface area contributed by atoms with Gasteiger partial charge in [0.05, 0.1) is 5.56 Å². The summed E-state index contributed by atoms with van der Waals surface area (Å²) in [5, 5.41) is 6.14. The number of aromatic nitrogens is 3. The van der Waals surface area contributed by atoms with Crippen molar-refractivity contribution >= 4 is 34.3 Å². The van der Waals surface area contributed by atoms with Crippen molar-refractivity contribution in [3.05, 3.63) is 69.8 Å². The lowest BCUT2D eigenvalue weighted by molar-refractivity contribution is 0.0954. The van der Waals surface area contributed by atoms with Crippen molar-refractivity contribution < 1.29 is 4.79 Å². The molecule has 6 nitrogen and oxygen atoms in total. The molecule has 0 unspecified atom stereocenters. The van der Waals surface area contributed by atoms with Crippen LogP contribution in [0.1, 0.15) is 16.2 Å². The van der Waals surface area contributed by atoms with Gasteiger partial charge in [-0.3, -0.25) is 4.79 Å². The lowest BCUT2D eigenvalue weighted by atomic mass is 10.2. The summed E-state index contributed by atoms with van der Waals surface area (Å²) >= 11 is 2.16. The Morgan fingerprint density at radius 1 is 1.12 bits per heavy atom. The minimum atomic E-state index is -0.0706. The van der Waals surface area contributed by atoms with Crippen LogP contribution in [0.25, 0.3) is 5.82 Å². The molecule has 0 spiro atoms. The molecule has 0 aliphatic rings. The highest BCUT2D eigenvalue weighted by Crippen LogP contribution is 2.12. The van der Waals surface area contributed by atoms with E-state index in [1.807, 2.05) is 66.3 Å². The molecule has 0 bridgehead atoms. The Morgan fingerprint density at radius 2 is 1.88 bits per heavy atom. The van der Waals surface area contributed by atoms with E-state index in [2.05, 4.69) is 43.2 Å². The highest BCUT2D eigenvalue weighted by molar-refractivity contribution is 14.1. The Labute approximate surface area is 159 Å². The molecule has 2 aromatic heterocycles. The third-order valence-electron chi connectivity index (χ3n) is 3.53. The molecule has 0 saturated heterocycles. The second-order valence-electron chi connectivity index (χ2n) is 5.41. The normalized spacial score (nSPS) is 10.5. The fourth-order valence-corrected chi connectivity index (χ4v) is 3.00. The van der Waals surface area contributed by atoms with Gasteiger partial charge in [-0.05, 0) is 53.8 Å². The van der Waals surface area contributed by atoms with Crippen molar-refractivity contribution in [2.45, 2.75) is 6.92 Å². The van der Waals surface area contributed by atoms with Gasteiger partial charge in [-0.1, -0.05) is 12.1 Å². The van der Waals surface area contributed by atoms with Gasteiger partial charge in [0.2, 0.25) is 0 Å². The van der Waals surface area contributed by atoms with Crippen LogP contribution in [-0.2, 0) is 0 Å². The van der Waals surface area contributed by atoms with Gasteiger partial charge in [0.25, 0.3) is 5.91 Å². The molecule has 3 rings (SSSR count).